The molecule has 3 fully saturated rings. The molecule has 0 amide bonds. The van der Waals surface area contributed by atoms with Gasteiger partial charge in [-0.3, -0.25) is 0 Å². The Bertz CT molecular complexity index is 418. The van der Waals surface area contributed by atoms with Gasteiger partial charge >= 0.3 is 0 Å². The first-order valence-electron chi connectivity index (χ1n) is 7.58. The highest BCUT2D eigenvalue weighted by Gasteiger charge is 2.58. The molecule has 1 aliphatic heterocycles. The van der Waals surface area contributed by atoms with Gasteiger partial charge in [0, 0.05) is 0 Å². The van der Waals surface area contributed by atoms with Crippen molar-refractivity contribution in [3.05, 3.63) is 35.9 Å². The first kappa shape index (κ1) is 11.0. The molecule has 1 aromatic rings. The molecule has 0 bridgehead atoms. The number of ether oxygens (including phenoxy) is 1. The lowest BCUT2D eigenvalue weighted by Gasteiger charge is -2.45. The second kappa shape index (κ2) is 4.09. The molecular weight excluding hydrogens is 220 g/mol. The third-order valence-electron chi connectivity index (χ3n) is 5.56. The highest BCUT2D eigenvalue weighted by atomic mass is 16.6. The van der Waals surface area contributed by atoms with Crippen molar-refractivity contribution >= 4 is 0 Å². The number of hydrogen-bond donors (Lipinski definition) is 0. The minimum absolute atomic E-state index is 0.295. The second-order valence-electron chi connectivity index (χ2n) is 6.48. The predicted octanol–water partition coefficient (Wildman–Crippen LogP) is 4.14. The molecule has 1 heteroatoms. The van der Waals surface area contributed by atoms with E-state index in [1.807, 2.05) is 0 Å². The monoisotopic (exact) mass is 242 g/mol. The van der Waals surface area contributed by atoms with Gasteiger partial charge in [0.15, 0.2) is 0 Å². The normalized spacial score (nSPS) is 42.6. The molecule has 4 atom stereocenters. The zero-order valence-electron chi connectivity index (χ0n) is 11.0. The van der Waals surface area contributed by atoms with Crippen molar-refractivity contribution in [2.45, 2.75) is 50.0 Å². The van der Waals surface area contributed by atoms with Gasteiger partial charge in [0.25, 0.3) is 0 Å². The molecule has 4 rings (SSSR count). The third-order valence-corrected chi connectivity index (χ3v) is 5.56. The van der Waals surface area contributed by atoms with Crippen LogP contribution in [0.4, 0.5) is 0 Å². The zero-order chi connectivity index (χ0) is 12.0. The minimum Gasteiger partial charge on any atom is -0.369 e. The van der Waals surface area contributed by atoms with E-state index in [4.69, 9.17) is 4.74 Å². The molecule has 1 nitrogen and oxygen atoms in total. The van der Waals surface area contributed by atoms with E-state index in [0.717, 1.165) is 24.4 Å². The van der Waals surface area contributed by atoms with Crippen molar-refractivity contribution in [1.29, 1.82) is 0 Å². The van der Waals surface area contributed by atoms with Gasteiger partial charge in [0.05, 0.1) is 12.2 Å². The van der Waals surface area contributed by atoms with Crippen molar-refractivity contribution in [3.63, 3.8) is 0 Å². The van der Waals surface area contributed by atoms with E-state index in [9.17, 15) is 0 Å². The van der Waals surface area contributed by atoms with Crippen LogP contribution in [-0.2, 0) is 4.74 Å². The summed E-state index contributed by atoms with van der Waals surface area (Å²) in [6.45, 7) is 1.04. The average Bonchev–Trinajstić information content (AvgIpc) is 3.20. The molecule has 2 saturated carbocycles. The summed E-state index contributed by atoms with van der Waals surface area (Å²) >= 11 is 0. The lowest BCUT2D eigenvalue weighted by molar-refractivity contribution is 0.0499. The Morgan fingerprint density at radius 2 is 1.78 bits per heavy atom. The molecular formula is C17H22O. The van der Waals surface area contributed by atoms with E-state index in [1.165, 1.54) is 38.5 Å². The van der Waals surface area contributed by atoms with Gasteiger partial charge in [0.1, 0.15) is 0 Å². The van der Waals surface area contributed by atoms with Gasteiger partial charge in [-0.2, -0.15) is 0 Å². The van der Waals surface area contributed by atoms with E-state index < -0.39 is 0 Å². The predicted molar refractivity (Wildman–Crippen MR) is 72.5 cm³/mol. The summed E-state index contributed by atoms with van der Waals surface area (Å²) in [5.41, 5.74) is 1.85. The summed E-state index contributed by atoms with van der Waals surface area (Å²) in [5.74, 6) is 2.50. The second-order valence-corrected chi connectivity index (χ2v) is 6.48. The molecule has 18 heavy (non-hydrogen) atoms. The van der Waals surface area contributed by atoms with Crippen molar-refractivity contribution in [2.24, 2.45) is 11.8 Å². The van der Waals surface area contributed by atoms with Crippen LogP contribution in [0.2, 0.25) is 0 Å². The topological polar surface area (TPSA) is 12.5 Å². The smallest absolute Gasteiger partial charge is 0.0953 e. The molecule has 2 aliphatic carbocycles. The molecule has 0 unspecified atom stereocenters. The lowest BCUT2D eigenvalue weighted by Crippen LogP contribution is -2.41. The summed E-state index contributed by atoms with van der Waals surface area (Å²) in [7, 11) is 0. The van der Waals surface area contributed by atoms with E-state index in [-0.39, 0.29) is 0 Å². The standard InChI is InChI=1S/C17H22O/c1-2-6-13(7-3-1)15-10-4-8-14-9-5-11-17(12-18-17)16(14)15/h1-3,6-7,14-16H,4-5,8-12H2/t14-,15+,16-,17-/m1/s1. The van der Waals surface area contributed by atoms with Crippen LogP contribution < -0.4 is 0 Å². The number of rotatable bonds is 1. The molecule has 1 aromatic carbocycles. The Hall–Kier alpha value is -0.820. The third kappa shape index (κ3) is 1.64. The summed E-state index contributed by atoms with van der Waals surface area (Å²) < 4.78 is 5.96. The zero-order valence-corrected chi connectivity index (χ0v) is 11.0. The summed E-state index contributed by atoms with van der Waals surface area (Å²) in [5, 5.41) is 0. The average molecular weight is 242 g/mol. The maximum Gasteiger partial charge on any atom is 0.0953 e. The van der Waals surface area contributed by atoms with Gasteiger partial charge in [-0.25, -0.2) is 0 Å². The van der Waals surface area contributed by atoms with E-state index in [1.54, 1.807) is 5.56 Å². The quantitative estimate of drug-likeness (QED) is 0.674. The molecule has 1 heterocycles. The van der Waals surface area contributed by atoms with Crippen LogP contribution in [0.1, 0.15) is 50.0 Å². The Morgan fingerprint density at radius 3 is 2.56 bits per heavy atom. The van der Waals surface area contributed by atoms with Crippen molar-refractivity contribution in [3.8, 4) is 0 Å². The SMILES string of the molecule is c1ccc([C@@H]2CCC[C@@H]3CCC[C@@]4(CO4)[C@H]32)cc1. The Labute approximate surface area is 110 Å². The summed E-state index contributed by atoms with van der Waals surface area (Å²) in [6.07, 6.45) is 8.38. The van der Waals surface area contributed by atoms with Gasteiger partial charge in [-0.15, -0.1) is 0 Å². The van der Waals surface area contributed by atoms with E-state index in [0.29, 0.717) is 5.60 Å². The van der Waals surface area contributed by atoms with Gasteiger partial charge in [0.2, 0.25) is 0 Å². The Morgan fingerprint density at radius 1 is 1.00 bits per heavy atom. The fourth-order valence-corrected chi connectivity index (χ4v) is 4.74. The molecule has 1 saturated heterocycles. The van der Waals surface area contributed by atoms with Crippen LogP contribution in [0.25, 0.3) is 0 Å². The summed E-state index contributed by atoms with van der Waals surface area (Å²) in [4.78, 5) is 0. The minimum atomic E-state index is 0.295. The van der Waals surface area contributed by atoms with Crippen molar-refractivity contribution in [2.75, 3.05) is 6.61 Å². The van der Waals surface area contributed by atoms with Crippen LogP contribution in [0, 0.1) is 11.8 Å². The number of fused-ring (bicyclic) bond motifs is 2. The van der Waals surface area contributed by atoms with Gasteiger partial charge in [-0.1, -0.05) is 49.6 Å². The first-order valence-corrected chi connectivity index (χ1v) is 7.58. The number of hydrogen-bond acceptors (Lipinski definition) is 1. The fourth-order valence-electron chi connectivity index (χ4n) is 4.74. The Balaban J connectivity index is 1.69. The lowest BCUT2D eigenvalue weighted by atomic mass is 9.59. The Kier molecular flexibility index (Phi) is 2.51. The molecule has 0 aromatic heterocycles. The van der Waals surface area contributed by atoms with Crippen LogP contribution in [-0.4, -0.2) is 12.2 Å². The van der Waals surface area contributed by atoms with Crippen molar-refractivity contribution < 1.29 is 4.74 Å². The van der Waals surface area contributed by atoms with Crippen LogP contribution in [0.3, 0.4) is 0 Å². The molecule has 1 spiro atoms. The molecule has 3 aliphatic rings. The highest BCUT2D eigenvalue weighted by molar-refractivity contribution is 5.24. The fraction of sp³-hybridized carbons (Fsp3) is 0.647. The molecule has 96 valence electrons. The van der Waals surface area contributed by atoms with E-state index in [2.05, 4.69) is 30.3 Å². The van der Waals surface area contributed by atoms with E-state index >= 15 is 0 Å². The number of epoxide rings is 1. The van der Waals surface area contributed by atoms with Gasteiger partial charge < -0.3 is 4.74 Å². The summed E-state index contributed by atoms with van der Waals surface area (Å²) in [6, 6.07) is 11.2. The van der Waals surface area contributed by atoms with Gasteiger partial charge in [-0.05, 0) is 42.6 Å². The molecule has 0 N–H and O–H groups in total. The van der Waals surface area contributed by atoms with Crippen LogP contribution in [0.5, 0.6) is 0 Å². The number of benzene rings is 1. The maximum atomic E-state index is 5.96. The van der Waals surface area contributed by atoms with Crippen LogP contribution >= 0.6 is 0 Å². The molecule has 0 radical (unpaired) electrons. The maximum absolute atomic E-state index is 5.96. The first-order chi connectivity index (χ1) is 8.89. The largest absolute Gasteiger partial charge is 0.369 e. The van der Waals surface area contributed by atoms with Crippen LogP contribution in [0.15, 0.2) is 30.3 Å². The highest BCUT2D eigenvalue weighted by Crippen LogP contribution is 2.58. The van der Waals surface area contributed by atoms with Crippen molar-refractivity contribution in [1.82, 2.24) is 0 Å².